The van der Waals surface area contributed by atoms with Crippen LogP contribution in [-0.2, 0) is 6.54 Å². The summed E-state index contributed by atoms with van der Waals surface area (Å²) in [5, 5.41) is 20.1. The molecule has 0 radical (unpaired) electrons. The number of aliphatic hydroxyl groups is 1. The second kappa shape index (κ2) is 6.11. The predicted molar refractivity (Wildman–Crippen MR) is 115 cm³/mol. The van der Waals surface area contributed by atoms with E-state index in [1.54, 1.807) is 6.20 Å². The Morgan fingerprint density at radius 1 is 1.20 bits per heavy atom. The molecule has 30 heavy (non-hydrogen) atoms. The quantitative estimate of drug-likeness (QED) is 0.665. The van der Waals surface area contributed by atoms with Gasteiger partial charge in [0.15, 0.2) is 0 Å². The molecule has 1 N–H and O–H groups in total. The van der Waals surface area contributed by atoms with Crippen LogP contribution in [0.3, 0.4) is 0 Å². The lowest BCUT2D eigenvalue weighted by molar-refractivity contribution is 0.00371. The molecule has 5 nitrogen and oxygen atoms in total. The molecule has 1 spiro atoms. The number of fused-ring (bicyclic) bond motifs is 3. The van der Waals surface area contributed by atoms with Gasteiger partial charge in [-0.2, -0.15) is 0 Å². The zero-order chi connectivity index (χ0) is 20.5. The molecule has 2 fully saturated rings. The highest BCUT2D eigenvalue weighted by atomic mass is 16.3. The molecule has 152 valence electrons. The summed E-state index contributed by atoms with van der Waals surface area (Å²) in [5.41, 5.74) is 6.24. The third kappa shape index (κ3) is 2.36. The van der Waals surface area contributed by atoms with Gasteiger partial charge in [0.2, 0.25) is 0 Å². The van der Waals surface area contributed by atoms with Gasteiger partial charge in [0, 0.05) is 12.1 Å². The van der Waals surface area contributed by atoms with Crippen molar-refractivity contribution in [2.24, 2.45) is 5.41 Å². The molecule has 0 aliphatic heterocycles. The SMILES string of the molecule is C=C1C[C@]23C[C@@]1(O)CC[C@@H]2c1cccc(C)c1[C@@H]3Cn1cc(-c2ccccn2)nn1. The summed E-state index contributed by atoms with van der Waals surface area (Å²) in [7, 11) is 0. The maximum Gasteiger partial charge on any atom is 0.131 e. The summed E-state index contributed by atoms with van der Waals surface area (Å²) >= 11 is 0. The molecule has 6 rings (SSSR count). The molecule has 4 atom stereocenters. The minimum absolute atomic E-state index is 0.0235. The highest BCUT2D eigenvalue weighted by Gasteiger charge is 2.64. The van der Waals surface area contributed by atoms with Crippen molar-refractivity contribution in [2.75, 3.05) is 0 Å². The summed E-state index contributed by atoms with van der Waals surface area (Å²) in [5.74, 6) is 0.777. The van der Waals surface area contributed by atoms with Crippen molar-refractivity contribution in [1.29, 1.82) is 0 Å². The largest absolute Gasteiger partial charge is 0.386 e. The lowest BCUT2D eigenvalue weighted by atomic mass is 9.63. The van der Waals surface area contributed by atoms with Crippen LogP contribution in [0.15, 0.2) is 60.9 Å². The lowest BCUT2D eigenvalue weighted by Gasteiger charge is -2.42. The number of rotatable bonds is 3. The monoisotopic (exact) mass is 398 g/mol. The molecule has 2 bridgehead atoms. The van der Waals surface area contributed by atoms with Crippen molar-refractivity contribution < 1.29 is 5.11 Å². The van der Waals surface area contributed by atoms with Gasteiger partial charge in [0.1, 0.15) is 5.69 Å². The summed E-state index contributed by atoms with van der Waals surface area (Å²) in [4.78, 5) is 4.40. The zero-order valence-corrected chi connectivity index (χ0v) is 17.3. The first kappa shape index (κ1) is 18.0. The normalized spacial score (nSPS) is 31.6. The van der Waals surface area contributed by atoms with Crippen molar-refractivity contribution in [3.8, 4) is 11.4 Å². The Labute approximate surface area is 176 Å². The molecule has 2 aromatic heterocycles. The Morgan fingerprint density at radius 3 is 2.93 bits per heavy atom. The topological polar surface area (TPSA) is 63.8 Å². The summed E-state index contributed by atoms with van der Waals surface area (Å²) in [6.07, 6.45) is 7.34. The molecule has 2 heterocycles. The van der Waals surface area contributed by atoms with Crippen molar-refractivity contribution in [1.82, 2.24) is 20.0 Å². The van der Waals surface area contributed by atoms with Crippen molar-refractivity contribution in [3.05, 3.63) is 77.6 Å². The van der Waals surface area contributed by atoms with Crippen LogP contribution in [0.2, 0.25) is 0 Å². The number of aromatic nitrogens is 4. The third-order valence-corrected chi connectivity index (χ3v) is 7.97. The number of pyridine rings is 1. The maximum absolute atomic E-state index is 11.3. The van der Waals surface area contributed by atoms with Gasteiger partial charge in [0.25, 0.3) is 0 Å². The van der Waals surface area contributed by atoms with Gasteiger partial charge < -0.3 is 5.11 Å². The van der Waals surface area contributed by atoms with Crippen LogP contribution < -0.4 is 0 Å². The van der Waals surface area contributed by atoms with E-state index >= 15 is 0 Å². The Hall–Kier alpha value is -2.79. The molecule has 0 saturated heterocycles. The standard InChI is InChI=1S/C25H26N4O/c1-16-6-5-7-18-19-9-10-25(30)15-24(19,12-17(25)2)20(23(16)18)13-29-14-22(27-28-29)21-8-3-4-11-26-21/h3-8,11,14,19-20,30H,2,9-10,12-13,15H2,1H3/t19-,20+,24+,25+/m1/s1. The van der Waals surface area contributed by atoms with E-state index in [9.17, 15) is 5.11 Å². The van der Waals surface area contributed by atoms with Crippen LogP contribution >= 0.6 is 0 Å². The minimum Gasteiger partial charge on any atom is -0.386 e. The van der Waals surface area contributed by atoms with Gasteiger partial charge in [-0.3, -0.25) is 9.67 Å². The molecular formula is C25H26N4O. The highest BCUT2D eigenvalue weighted by molar-refractivity contribution is 5.53. The van der Waals surface area contributed by atoms with Gasteiger partial charge >= 0.3 is 0 Å². The van der Waals surface area contributed by atoms with Crippen LogP contribution in [0, 0.1) is 12.3 Å². The molecule has 1 aromatic carbocycles. The van der Waals surface area contributed by atoms with Crippen LogP contribution in [0.1, 0.15) is 54.2 Å². The average molecular weight is 399 g/mol. The first-order valence-electron chi connectivity index (χ1n) is 10.8. The van der Waals surface area contributed by atoms with E-state index in [2.05, 4.69) is 47.0 Å². The summed E-state index contributed by atoms with van der Waals surface area (Å²) in [6.45, 7) is 7.28. The van der Waals surface area contributed by atoms with Crippen LogP contribution in [0.5, 0.6) is 0 Å². The molecular weight excluding hydrogens is 372 g/mol. The van der Waals surface area contributed by atoms with E-state index in [0.29, 0.717) is 11.8 Å². The fourth-order valence-electron chi connectivity index (χ4n) is 6.68. The Morgan fingerprint density at radius 2 is 2.10 bits per heavy atom. The first-order chi connectivity index (χ1) is 14.5. The Kier molecular flexibility index (Phi) is 3.67. The van der Waals surface area contributed by atoms with Gasteiger partial charge in [-0.25, -0.2) is 0 Å². The molecule has 3 aliphatic rings. The zero-order valence-electron chi connectivity index (χ0n) is 17.3. The fraction of sp³-hybridized carbons (Fsp3) is 0.400. The predicted octanol–water partition coefficient (Wildman–Crippen LogP) is 4.39. The molecule has 5 heteroatoms. The molecule has 3 aliphatic carbocycles. The van der Waals surface area contributed by atoms with E-state index in [4.69, 9.17) is 0 Å². The van der Waals surface area contributed by atoms with Gasteiger partial charge in [-0.1, -0.05) is 36.1 Å². The number of hydrogen-bond donors (Lipinski definition) is 1. The van der Waals surface area contributed by atoms with Crippen LogP contribution in [0.4, 0.5) is 0 Å². The molecule has 0 unspecified atom stereocenters. The van der Waals surface area contributed by atoms with Gasteiger partial charge in [0.05, 0.1) is 24.0 Å². The van der Waals surface area contributed by atoms with Crippen molar-refractivity contribution in [2.45, 2.75) is 56.6 Å². The smallest absolute Gasteiger partial charge is 0.131 e. The molecule has 3 aromatic rings. The van der Waals surface area contributed by atoms with E-state index < -0.39 is 5.60 Å². The minimum atomic E-state index is -0.702. The van der Waals surface area contributed by atoms with Crippen molar-refractivity contribution >= 4 is 0 Å². The second-order valence-electron chi connectivity index (χ2n) is 9.48. The van der Waals surface area contributed by atoms with E-state index in [1.165, 1.54) is 16.7 Å². The lowest BCUT2D eigenvalue weighted by Crippen LogP contribution is -2.39. The summed E-state index contributed by atoms with van der Waals surface area (Å²) < 4.78 is 1.97. The summed E-state index contributed by atoms with van der Waals surface area (Å²) in [6, 6.07) is 12.5. The third-order valence-electron chi connectivity index (χ3n) is 7.97. The van der Waals surface area contributed by atoms with E-state index in [0.717, 1.165) is 49.2 Å². The average Bonchev–Trinajstić information content (AvgIpc) is 3.36. The van der Waals surface area contributed by atoms with E-state index in [-0.39, 0.29) is 5.41 Å². The first-order valence-corrected chi connectivity index (χ1v) is 10.8. The maximum atomic E-state index is 11.3. The Bertz CT molecular complexity index is 1150. The van der Waals surface area contributed by atoms with Crippen LogP contribution in [0.25, 0.3) is 11.4 Å². The molecule has 2 saturated carbocycles. The fourth-order valence-corrected chi connectivity index (χ4v) is 6.68. The second-order valence-corrected chi connectivity index (χ2v) is 9.48. The Balaban J connectivity index is 1.43. The van der Waals surface area contributed by atoms with Gasteiger partial charge in [-0.05, 0) is 78.3 Å². The van der Waals surface area contributed by atoms with E-state index in [1.807, 2.05) is 29.1 Å². The number of hydrogen-bond acceptors (Lipinski definition) is 4. The number of benzene rings is 1. The van der Waals surface area contributed by atoms with Crippen LogP contribution in [-0.4, -0.2) is 30.7 Å². The number of aryl methyl sites for hydroxylation is 1. The number of nitrogens with zero attached hydrogens (tertiary/aromatic N) is 4. The highest BCUT2D eigenvalue weighted by Crippen LogP contribution is 2.71. The van der Waals surface area contributed by atoms with Crippen molar-refractivity contribution in [3.63, 3.8) is 0 Å². The van der Waals surface area contributed by atoms with Gasteiger partial charge in [-0.15, -0.1) is 5.10 Å². The molecule has 0 amide bonds.